The molecule has 1 saturated heterocycles. The zero-order valence-electron chi connectivity index (χ0n) is 7.31. The Morgan fingerprint density at radius 3 is 2.75 bits per heavy atom. The molecule has 2 N–H and O–H groups in total. The summed E-state index contributed by atoms with van der Waals surface area (Å²) in [6.45, 7) is 2.63. The molecule has 1 heterocycles. The van der Waals surface area contributed by atoms with Gasteiger partial charge in [-0.2, -0.15) is 0 Å². The van der Waals surface area contributed by atoms with Crippen LogP contribution in [-0.2, 0) is 4.74 Å². The summed E-state index contributed by atoms with van der Waals surface area (Å²) in [6, 6.07) is 0. The van der Waals surface area contributed by atoms with Crippen LogP contribution in [-0.4, -0.2) is 29.2 Å². The fraction of sp³-hybridized carbons (Fsp3) is 1.00. The van der Waals surface area contributed by atoms with Gasteiger partial charge in [-0.3, -0.25) is 0 Å². The Morgan fingerprint density at radius 1 is 1.33 bits per heavy atom. The maximum Gasteiger partial charge on any atom is 0.157 e. The second-order valence-corrected chi connectivity index (χ2v) is 4.05. The van der Waals surface area contributed by atoms with Gasteiger partial charge in [-0.1, -0.05) is 6.92 Å². The Labute approximate surface area is 72.3 Å². The van der Waals surface area contributed by atoms with Gasteiger partial charge in [0.05, 0.1) is 12.7 Å². The molecule has 0 bridgehead atoms. The first-order valence-electron chi connectivity index (χ1n) is 4.68. The van der Waals surface area contributed by atoms with Crippen LogP contribution in [0.15, 0.2) is 0 Å². The summed E-state index contributed by atoms with van der Waals surface area (Å²) in [7, 11) is 0. The average Bonchev–Trinajstić information content (AvgIpc) is 2.29. The Kier molecular flexibility index (Phi) is 2.10. The van der Waals surface area contributed by atoms with Crippen LogP contribution >= 0.6 is 0 Å². The van der Waals surface area contributed by atoms with Crippen LogP contribution in [0.5, 0.6) is 0 Å². The van der Waals surface area contributed by atoms with Crippen molar-refractivity contribution in [1.29, 1.82) is 0 Å². The number of rotatable bonds is 0. The normalized spacial score (nSPS) is 53.8. The summed E-state index contributed by atoms with van der Waals surface area (Å²) < 4.78 is 5.15. The van der Waals surface area contributed by atoms with Crippen LogP contribution in [0.25, 0.3) is 0 Å². The Bertz CT molecular complexity index is 171. The summed E-state index contributed by atoms with van der Waals surface area (Å²) in [5, 5.41) is 19.1. The van der Waals surface area contributed by atoms with E-state index in [4.69, 9.17) is 4.74 Å². The summed E-state index contributed by atoms with van der Waals surface area (Å²) in [4.78, 5) is 0. The van der Waals surface area contributed by atoms with E-state index < -0.39 is 6.29 Å². The van der Waals surface area contributed by atoms with E-state index in [9.17, 15) is 10.2 Å². The average molecular weight is 172 g/mol. The van der Waals surface area contributed by atoms with Crippen LogP contribution in [0, 0.1) is 17.8 Å². The number of ether oxygens (including phenoxy) is 1. The zero-order chi connectivity index (χ0) is 8.72. The fourth-order valence-corrected chi connectivity index (χ4v) is 2.62. The van der Waals surface area contributed by atoms with Crippen LogP contribution in [0.3, 0.4) is 0 Å². The van der Waals surface area contributed by atoms with Gasteiger partial charge in [0.1, 0.15) is 0 Å². The molecule has 5 atom stereocenters. The first kappa shape index (κ1) is 8.48. The van der Waals surface area contributed by atoms with Gasteiger partial charge in [0.15, 0.2) is 6.29 Å². The molecule has 70 valence electrons. The molecule has 3 heteroatoms. The maximum atomic E-state index is 9.58. The molecule has 2 fully saturated rings. The molecule has 0 aromatic carbocycles. The second kappa shape index (κ2) is 2.98. The molecule has 2 rings (SSSR count). The topological polar surface area (TPSA) is 49.7 Å². The van der Waals surface area contributed by atoms with E-state index in [2.05, 4.69) is 0 Å². The third kappa shape index (κ3) is 1.16. The van der Waals surface area contributed by atoms with Gasteiger partial charge in [-0.15, -0.1) is 0 Å². The number of hydrogen-bond donors (Lipinski definition) is 2. The van der Waals surface area contributed by atoms with E-state index in [1.165, 1.54) is 0 Å². The van der Waals surface area contributed by atoms with Crippen molar-refractivity contribution >= 4 is 0 Å². The molecule has 0 spiro atoms. The summed E-state index contributed by atoms with van der Waals surface area (Å²) in [5.74, 6) is 0.817. The van der Waals surface area contributed by atoms with Crippen molar-refractivity contribution in [3.8, 4) is 0 Å². The third-order valence-electron chi connectivity index (χ3n) is 3.41. The van der Waals surface area contributed by atoms with Crippen molar-refractivity contribution in [2.45, 2.75) is 32.2 Å². The van der Waals surface area contributed by atoms with Crippen LogP contribution in [0.4, 0.5) is 0 Å². The second-order valence-electron chi connectivity index (χ2n) is 4.05. The lowest BCUT2D eigenvalue weighted by atomic mass is 9.86. The smallest absolute Gasteiger partial charge is 0.157 e. The third-order valence-corrected chi connectivity index (χ3v) is 3.41. The predicted molar refractivity (Wildman–Crippen MR) is 43.3 cm³/mol. The van der Waals surface area contributed by atoms with Gasteiger partial charge in [0, 0.05) is 5.92 Å². The predicted octanol–water partition coefficient (Wildman–Crippen LogP) is 0.358. The van der Waals surface area contributed by atoms with Crippen molar-refractivity contribution in [3.05, 3.63) is 0 Å². The number of fused-ring (bicyclic) bond motifs is 1. The van der Waals surface area contributed by atoms with E-state index in [0.29, 0.717) is 12.5 Å². The van der Waals surface area contributed by atoms with Gasteiger partial charge >= 0.3 is 0 Å². The summed E-state index contributed by atoms with van der Waals surface area (Å²) in [6.07, 6.45) is 0.947. The molecule has 12 heavy (non-hydrogen) atoms. The Morgan fingerprint density at radius 2 is 2.08 bits per heavy atom. The Hall–Kier alpha value is -0.120. The number of hydrogen-bond acceptors (Lipinski definition) is 3. The molecule has 5 unspecified atom stereocenters. The minimum absolute atomic E-state index is 0.161. The van der Waals surface area contributed by atoms with E-state index in [1.54, 1.807) is 0 Å². The van der Waals surface area contributed by atoms with E-state index in [1.807, 2.05) is 6.92 Å². The Balaban J connectivity index is 2.12. The molecule has 2 aliphatic rings. The standard InChI is InChI=1S/C9H16O3/c1-5-7(10)4-6-2-3-12-9(11)8(5)6/h5-11H,2-4H2,1H3. The SMILES string of the molecule is CC1C(O)CC2CCOC(O)C21. The van der Waals surface area contributed by atoms with Crippen molar-refractivity contribution in [2.24, 2.45) is 17.8 Å². The van der Waals surface area contributed by atoms with Crippen LogP contribution in [0.2, 0.25) is 0 Å². The van der Waals surface area contributed by atoms with Crippen molar-refractivity contribution < 1.29 is 14.9 Å². The monoisotopic (exact) mass is 172 g/mol. The molecular weight excluding hydrogens is 156 g/mol. The first-order valence-corrected chi connectivity index (χ1v) is 4.68. The molecule has 0 radical (unpaired) electrons. The molecule has 1 aliphatic carbocycles. The molecular formula is C9H16O3. The van der Waals surface area contributed by atoms with Crippen molar-refractivity contribution in [1.82, 2.24) is 0 Å². The van der Waals surface area contributed by atoms with Crippen LogP contribution < -0.4 is 0 Å². The van der Waals surface area contributed by atoms with Gasteiger partial charge in [-0.25, -0.2) is 0 Å². The summed E-state index contributed by atoms with van der Waals surface area (Å²) >= 11 is 0. The molecule has 1 saturated carbocycles. The van der Waals surface area contributed by atoms with E-state index in [0.717, 1.165) is 12.8 Å². The van der Waals surface area contributed by atoms with Gasteiger partial charge in [-0.05, 0) is 24.7 Å². The zero-order valence-corrected chi connectivity index (χ0v) is 7.31. The quantitative estimate of drug-likeness (QED) is 0.554. The number of aliphatic hydroxyl groups excluding tert-OH is 2. The van der Waals surface area contributed by atoms with Gasteiger partial charge in [0.25, 0.3) is 0 Å². The highest BCUT2D eigenvalue weighted by atomic mass is 16.6. The lowest BCUT2D eigenvalue weighted by Gasteiger charge is -2.32. The summed E-state index contributed by atoms with van der Waals surface area (Å²) in [5.41, 5.74) is 0. The minimum Gasteiger partial charge on any atom is -0.393 e. The fourth-order valence-electron chi connectivity index (χ4n) is 2.62. The molecule has 1 aliphatic heterocycles. The van der Waals surface area contributed by atoms with Crippen molar-refractivity contribution in [2.75, 3.05) is 6.61 Å². The lowest BCUT2D eigenvalue weighted by molar-refractivity contribution is -0.180. The lowest BCUT2D eigenvalue weighted by Crippen LogP contribution is -2.36. The highest BCUT2D eigenvalue weighted by Gasteiger charge is 2.45. The maximum absolute atomic E-state index is 9.58. The molecule has 0 amide bonds. The first-order chi connectivity index (χ1) is 5.70. The molecule has 0 aromatic heterocycles. The molecule has 3 nitrogen and oxygen atoms in total. The van der Waals surface area contributed by atoms with Crippen molar-refractivity contribution in [3.63, 3.8) is 0 Å². The van der Waals surface area contributed by atoms with Crippen LogP contribution in [0.1, 0.15) is 19.8 Å². The highest BCUT2D eigenvalue weighted by molar-refractivity contribution is 4.91. The van der Waals surface area contributed by atoms with E-state index >= 15 is 0 Å². The minimum atomic E-state index is -0.643. The largest absolute Gasteiger partial charge is 0.393 e. The molecule has 0 aromatic rings. The highest BCUT2D eigenvalue weighted by Crippen LogP contribution is 2.43. The van der Waals surface area contributed by atoms with Gasteiger partial charge in [0.2, 0.25) is 0 Å². The van der Waals surface area contributed by atoms with Gasteiger partial charge < -0.3 is 14.9 Å². The van der Waals surface area contributed by atoms with E-state index in [-0.39, 0.29) is 17.9 Å². The number of aliphatic hydroxyl groups is 2.